The summed E-state index contributed by atoms with van der Waals surface area (Å²) in [7, 11) is 1.97. The molecule has 106 valence electrons. The molecule has 1 nitrogen and oxygen atoms in total. The monoisotopic (exact) mass is 307 g/mol. The van der Waals surface area contributed by atoms with Crippen molar-refractivity contribution < 1.29 is 0 Å². The van der Waals surface area contributed by atoms with Gasteiger partial charge >= 0.3 is 0 Å². The summed E-state index contributed by atoms with van der Waals surface area (Å²) >= 11 is 12.4. The summed E-state index contributed by atoms with van der Waals surface area (Å²) in [6.07, 6.45) is 0.818. The number of likely N-dealkylation sites (N-methyl/N-ethyl adjacent to an activating group) is 1. The van der Waals surface area contributed by atoms with E-state index in [4.69, 9.17) is 23.2 Å². The van der Waals surface area contributed by atoms with Gasteiger partial charge in [-0.1, -0.05) is 64.7 Å². The highest BCUT2D eigenvalue weighted by Gasteiger charge is 2.14. The number of benzene rings is 2. The molecule has 0 spiro atoms. The number of nitrogens with one attached hydrogen (secondary N) is 1. The van der Waals surface area contributed by atoms with E-state index in [2.05, 4.69) is 37.4 Å². The molecule has 2 aromatic carbocycles. The SMILES string of the molecule is CNC(Cc1cccc(Cl)c1Cl)c1cc(C)cc(C)c1. The van der Waals surface area contributed by atoms with E-state index in [1.165, 1.54) is 16.7 Å². The molecule has 0 heterocycles. The van der Waals surface area contributed by atoms with Crippen molar-refractivity contribution in [3.63, 3.8) is 0 Å². The fourth-order valence-electron chi connectivity index (χ4n) is 2.52. The minimum Gasteiger partial charge on any atom is -0.313 e. The van der Waals surface area contributed by atoms with Crippen molar-refractivity contribution in [2.75, 3.05) is 7.05 Å². The summed E-state index contributed by atoms with van der Waals surface area (Å²) in [6.45, 7) is 4.24. The summed E-state index contributed by atoms with van der Waals surface area (Å²) in [4.78, 5) is 0. The van der Waals surface area contributed by atoms with Crippen LogP contribution < -0.4 is 5.32 Å². The van der Waals surface area contributed by atoms with Crippen LogP contribution in [-0.4, -0.2) is 7.05 Å². The van der Waals surface area contributed by atoms with Crippen LogP contribution >= 0.6 is 23.2 Å². The van der Waals surface area contributed by atoms with E-state index in [0.29, 0.717) is 10.0 Å². The zero-order valence-electron chi connectivity index (χ0n) is 12.0. The van der Waals surface area contributed by atoms with E-state index in [1.54, 1.807) is 0 Å². The predicted octanol–water partition coefficient (Wildman–Crippen LogP) is 5.11. The molecule has 3 heteroatoms. The molecular weight excluding hydrogens is 289 g/mol. The van der Waals surface area contributed by atoms with E-state index >= 15 is 0 Å². The Morgan fingerprint density at radius 1 is 1.05 bits per heavy atom. The summed E-state index contributed by atoms with van der Waals surface area (Å²) in [5, 5.41) is 4.63. The Bertz CT molecular complexity index is 588. The second-order valence-corrected chi connectivity index (χ2v) is 5.96. The maximum atomic E-state index is 6.28. The molecule has 1 unspecified atom stereocenters. The van der Waals surface area contributed by atoms with Crippen LogP contribution in [0.5, 0.6) is 0 Å². The molecule has 0 aromatic heterocycles. The van der Waals surface area contributed by atoms with Gasteiger partial charge < -0.3 is 5.32 Å². The van der Waals surface area contributed by atoms with Crippen molar-refractivity contribution >= 4 is 23.2 Å². The number of hydrogen-bond donors (Lipinski definition) is 1. The van der Waals surface area contributed by atoms with Crippen LogP contribution in [0.25, 0.3) is 0 Å². The summed E-state index contributed by atoms with van der Waals surface area (Å²) in [6, 6.07) is 12.6. The van der Waals surface area contributed by atoms with Gasteiger partial charge in [-0.3, -0.25) is 0 Å². The molecule has 0 aliphatic rings. The first-order valence-electron chi connectivity index (χ1n) is 6.69. The van der Waals surface area contributed by atoms with Gasteiger partial charge in [-0.2, -0.15) is 0 Å². The Hall–Kier alpha value is -1.02. The quantitative estimate of drug-likeness (QED) is 0.827. The molecule has 0 radical (unpaired) electrons. The van der Waals surface area contributed by atoms with Crippen molar-refractivity contribution in [3.8, 4) is 0 Å². The number of aryl methyl sites for hydroxylation is 2. The highest BCUT2D eigenvalue weighted by atomic mass is 35.5. The van der Waals surface area contributed by atoms with Crippen molar-refractivity contribution in [3.05, 3.63) is 68.7 Å². The third-order valence-electron chi connectivity index (χ3n) is 3.45. The van der Waals surface area contributed by atoms with E-state index in [9.17, 15) is 0 Å². The largest absolute Gasteiger partial charge is 0.313 e. The summed E-state index contributed by atoms with van der Waals surface area (Å²) in [5.74, 6) is 0. The van der Waals surface area contributed by atoms with Crippen LogP contribution in [0.15, 0.2) is 36.4 Å². The smallest absolute Gasteiger partial charge is 0.0624 e. The highest BCUT2D eigenvalue weighted by molar-refractivity contribution is 6.42. The molecule has 20 heavy (non-hydrogen) atoms. The van der Waals surface area contributed by atoms with Crippen molar-refractivity contribution in [1.82, 2.24) is 5.32 Å². The van der Waals surface area contributed by atoms with Gasteiger partial charge in [-0.25, -0.2) is 0 Å². The molecule has 0 saturated carbocycles. The second-order valence-electron chi connectivity index (χ2n) is 5.18. The van der Waals surface area contributed by atoms with Gasteiger partial charge in [0.1, 0.15) is 0 Å². The van der Waals surface area contributed by atoms with Crippen LogP contribution in [0.4, 0.5) is 0 Å². The zero-order chi connectivity index (χ0) is 14.7. The van der Waals surface area contributed by atoms with Gasteiger partial charge in [0.15, 0.2) is 0 Å². The van der Waals surface area contributed by atoms with Gasteiger partial charge in [0.2, 0.25) is 0 Å². The first-order valence-corrected chi connectivity index (χ1v) is 7.45. The molecule has 0 fully saturated rings. The fraction of sp³-hybridized carbons (Fsp3) is 0.294. The number of halogens is 2. The Morgan fingerprint density at radius 2 is 1.70 bits per heavy atom. The lowest BCUT2D eigenvalue weighted by Crippen LogP contribution is -2.19. The van der Waals surface area contributed by atoms with Gasteiger partial charge in [0, 0.05) is 6.04 Å². The minimum absolute atomic E-state index is 0.226. The molecule has 0 bridgehead atoms. The van der Waals surface area contributed by atoms with Crippen molar-refractivity contribution in [2.45, 2.75) is 26.3 Å². The molecule has 2 aromatic rings. The topological polar surface area (TPSA) is 12.0 Å². The molecule has 1 N–H and O–H groups in total. The lowest BCUT2D eigenvalue weighted by Gasteiger charge is -2.19. The zero-order valence-corrected chi connectivity index (χ0v) is 13.5. The number of hydrogen-bond acceptors (Lipinski definition) is 1. The van der Waals surface area contributed by atoms with Crippen molar-refractivity contribution in [1.29, 1.82) is 0 Å². The van der Waals surface area contributed by atoms with E-state index in [1.807, 2.05) is 25.2 Å². The molecule has 1 atom stereocenters. The van der Waals surface area contributed by atoms with Crippen LogP contribution in [0, 0.1) is 13.8 Å². The second kappa shape index (κ2) is 6.62. The lowest BCUT2D eigenvalue weighted by atomic mass is 9.96. The first-order chi connectivity index (χ1) is 9.51. The molecule has 2 rings (SSSR count). The molecule has 0 aliphatic carbocycles. The molecule has 0 aliphatic heterocycles. The highest BCUT2D eigenvalue weighted by Crippen LogP contribution is 2.29. The lowest BCUT2D eigenvalue weighted by molar-refractivity contribution is 0.591. The molecule has 0 amide bonds. The van der Waals surface area contributed by atoms with Gasteiger partial charge in [-0.15, -0.1) is 0 Å². The van der Waals surface area contributed by atoms with E-state index in [-0.39, 0.29) is 6.04 Å². The Balaban J connectivity index is 2.31. The van der Waals surface area contributed by atoms with Crippen LogP contribution in [0.2, 0.25) is 10.0 Å². The third-order valence-corrected chi connectivity index (χ3v) is 4.31. The van der Waals surface area contributed by atoms with Gasteiger partial charge in [0.25, 0.3) is 0 Å². The minimum atomic E-state index is 0.226. The molecular formula is C17H19Cl2N. The number of rotatable bonds is 4. The van der Waals surface area contributed by atoms with E-state index < -0.39 is 0 Å². The average Bonchev–Trinajstić information content (AvgIpc) is 2.39. The maximum absolute atomic E-state index is 6.28. The Morgan fingerprint density at radius 3 is 2.30 bits per heavy atom. The fourth-order valence-corrected chi connectivity index (χ4v) is 2.92. The standard InChI is InChI=1S/C17H19Cl2N/c1-11-7-12(2)9-14(8-11)16(20-3)10-13-5-4-6-15(18)17(13)19/h4-9,16,20H,10H2,1-3H3. The predicted molar refractivity (Wildman–Crippen MR) is 87.9 cm³/mol. The third kappa shape index (κ3) is 3.54. The summed E-state index contributed by atoms with van der Waals surface area (Å²) < 4.78 is 0. The van der Waals surface area contributed by atoms with Gasteiger partial charge in [-0.05, 0) is 44.5 Å². The maximum Gasteiger partial charge on any atom is 0.0624 e. The normalized spacial score (nSPS) is 12.4. The van der Waals surface area contributed by atoms with Crippen LogP contribution in [0.1, 0.15) is 28.3 Å². The van der Waals surface area contributed by atoms with E-state index in [0.717, 1.165) is 12.0 Å². The van der Waals surface area contributed by atoms with Crippen LogP contribution in [0.3, 0.4) is 0 Å². The Labute approximate surface area is 130 Å². The average molecular weight is 308 g/mol. The summed E-state index contributed by atoms with van der Waals surface area (Å²) in [5.41, 5.74) is 4.90. The Kier molecular flexibility index (Phi) is 5.09. The molecule has 0 saturated heterocycles. The first kappa shape index (κ1) is 15.4. The van der Waals surface area contributed by atoms with Crippen molar-refractivity contribution in [2.24, 2.45) is 0 Å². The van der Waals surface area contributed by atoms with Gasteiger partial charge in [0.05, 0.1) is 10.0 Å². The van der Waals surface area contributed by atoms with Crippen LogP contribution in [-0.2, 0) is 6.42 Å².